The molecule has 0 saturated carbocycles. The van der Waals surface area contributed by atoms with E-state index in [1.54, 1.807) is 0 Å². The lowest BCUT2D eigenvalue weighted by molar-refractivity contribution is -0.137. The fourth-order valence-corrected chi connectivity index (χ4v) is 0.838. The van der Waals surface area contributed by atoms with Crippen molar-refractivity contribution in [2.45, 2.75) is 12.6 Å². The first-order valence-electron chi connectivity index (χ1n) is 3.43. The molecule has 0 amide bonds. The van der Waals surface area contributed by atoms with Crippen molar-refractivity contribution in [3.05, 3.63) is 23.4 Å². The Balaban J connectivity index is 3.22. The van der Waals surface area contributed by atoms with Crippen LogP contribution in [0.1, 0.15) is 17.6 Å². The topological polar surface area (TPSA) is 38.9 Å². The average molecular weight is 212 g/mol. The maximum Gasteiger partial charge on any atom is 0.419 e. The van der Waals surface area contributed by atoms with Gasteiger partial charge in [-0.05, 0) is 6.07 Å². The molecule has 0 aromatic carbocycles. The number of nitrogens with two attached hydrogens (primary N) is 1. The Morgan fingerprint density at radius 3 is 2.29 bits per heavy atom. The van der Waals surface area contributed by atoms with Crippen LogP contribution in [0.3, 0.4) is 0 Å². The van der Waals surface area contributed by atoms with Gasteiger partial charge in [-0.2, -0.15) is 13.2 Å². The lowest BCUT2D eigenvalue weighted by atomic mass is 10.2. The second-order valence-electron chi connectivity index (χ2n) is 2.50. The third-order valence-corrected chi connectivity index (χ3v) is 1.50. The van der Waals surface area contributed by atoms with Crippen LogP contribution in [0.4, 0.5) is 27.8 Å². The minimum absolute atomic E-state index is 0.299. The summed E-state index contributed by atoms with van der Waals surface area (Å²) in [6.45, 7) is 0. The molecule has 0 spiro atoms. The van der Waals surface area contributed by atoms with E-state index in [9.17, 15) is 22.0 Å². The van der Waals surface area contributed by atoms with E-state index >= 15 is 0 Å². The number of aromatic nitrogens is 1. The Morgan fingerprint density at radius 1 is 1.29 bits per heavy atom. The van der Waals surface area contributed by atoms with Gasteiger partial charge in [-0.1, -0.05) is 0 Å². The van der Waals surface area contributed by atoms with Crippen LogP contribution in [0, 0.1) is 0 Å². The first-order valence-corrected chi connectivity index (χ1v) is 3.43. The van der Waals surface area contributed by atoms with Gasteiger partial charge in [0.05, 0.1) is 5.56 Å². The third-order valence-electron chi connectivity index (χ3n) is 1.50. The summed E-state index contributed by atoms with van der Waals surface area (Å²) in [6, 6.07) is 0.299. The van der Waals surface area contributed by atoms with Crippen molar-refractivity contribution in [1.29, 1.82) is 0 Å². The second kappa shape index (κ2) is 3.39. The van der Waals surface area contributed by atoms with Crippen LogP contribution in [0.2, 0.25) is 0 Å². The summed E-state index contributed by atoms with van der Waals surface area (Å²) in [5.74, 6) is -0.804. The highest BCUT2D eigenvalue weighted by atomic mass is 19.4. The molecule has 2 nitrogen and oxygen atoms in total. The molecule has 14 heavy (non-hydrogen) atoms. The number of pyridine rings is 1. The SMILES string of the molecule is Nc1ncc(C(F)F)cc1C(F)(F)F. The molecular weight excluding hydrogens is 207 g/mol. The fourth-order valence-electron chi connectivity index (χ4n) is 0.838. The summed E-state index contributed by atoms with van der Waals surface area (Å²) in [6.07, 6.45) is -7.14. The van der Waals surface area contributed by atoms with Gasteiger partial charge in [-0.15, -0.1) is 0 Å². The largest absolute Gasteiger partial charge is 0.419 e. The molecule has 0 aliphatic rings. The Kier molecular flexibility index (Phi) is 2.59. The van der Waals surface area contributed by atoms with Gasteiger partial charge in [0.2, 0.25) is 0 Å². The quantitative estimate of drug-likeness (QED) is 0.726. The van der Waals surface area contributed by atoms with Crippen LogP contribution in [-0.4, -0.2) is 4.98 Å². The molecule has 78 valence electrons. The Bertz CT molecular complexity index is 333. The molecule has 7 heteroatoms. The molecule has 1 heterocycles. The number of rotatable bonds is 1. The number of nitrogens with zero attached hydrogens (tertiary/aromatic N) is 1. The molecule has 0 unspecified atom stereocenters. The van der Waals surface area contributed by atoms with Gasteiger partial charge >= 0.3 is 6.18 Å². The molecule has 1 rings (SSSR count). The number of hydrogen-bond donors (Lipinski definition) is 1. The standard InChI is InChI=1S/C7H5F5N2/c8-5(9)3-1-4(7(10,11)12)6(13)14-2-3/h1-2,5H,(H2,13,14). The highest BCUT2D eigenvalue weighted by molar-refractivity contribution is 5.43. The number of anilines is 1. The van der Waals surface area contributed by atoms with E-state index in [0.717, 1.165) is 0 Å². The van der Waals surface area contributed by atoms with Crippen molar-refractivity contribution < 1.29 is 22.0 Å². The normalized spacial score (nSPS) is 12.1. The van der Waals surface area contributed by atoms with Crippen molar-refractivity contribution in [2.24, 2.45) is 0 Å². The lowest BCUT2D eigenvalue weighted by Crippen LogP contribution is -2.11. The summed E-state index contributed by atoms with van der Waals surface area (Å²) >= 11 is 0. The monoisotopic (exact) mass is 212 g/mol. The van der Waals surface area contributed by atoms with Crippen molar-refractivity contribution in [2.75, 3.05) is 5.73 Å². The summed E-state index contributed by atoms with van der Waals surface area (Å²) in [4.78, 5) is 3.04. The highest BCUT2D eigenvalue weighted by Crippen LogP contribution is 2.34. The Morgan fingerprint density at radius 2 is 1.86 bits per heavy atom. The first-order chi connectivity index (χ1) is 6.32. The van der Waals surface area contributed by atoms with Crippen LogP contribution in [-0.2, 0) is 6.18 Å². The predicted molar refractivity (Wildman–Crippen MR) is 38.6 cm³/mol. The minimum Gasteiger partial charge on any atom is -0.383 e. The number of halogens is 5. The molecule has 0 fully saturated rings. The Labute approximate surface area is 75.5 Å². The van der Waals surface area contributed by atoms with Crippen molar-refractivity contribution in [3.63, 3.8) is 0 Å². The van der Waals surface area contributed by atoms with E-state index in [1.165, 1.54) is 0 Å². The van der Waals surface area contributed by atoms with E-state index in [4.69, 9.17) is 5.73 Å². The van der Waals surface area contributed by atoms with E-state index in [0.29, 0.717) is 12.3 Å². The van der Waals surface area contributed by atoms with Crippen LogP contribution in [0.25, 0.3) is 0 Å². The number of nitrogen functional groups attached to an aromatic ring is 1. The molecule has 0 bridgehead atoms. The molecule has 0 saturated heterocycles. The lowest BCUT2D eigenvalue weighted by Gasteiger charge is -2.10. The predicted octanol–water partition coefficient (Wildman–Crippen LogP) is 2.62. The van der Waals surface area contributed by atoms with Gasteiger partial charge in [0, 0.05) is 11.8 Å². The van der Waals surface area contributed by atoms with Crippen LogP contribution < -0.4 is 5.73 Å². The molecular formula is C7H5F5N2. The molecule has 0 aliphatic carbocycles. The Hall–Kier alpha value is -1.40. The average Bonchev–Trinajstić information content (AvgIpc) is 2.02. The van der Waals surface area contributed by atoms with Gasteiger partial charge in [-0.3, -0.25) is 0 Å². The summed E-state index contributed by atoms with van der Waals surface area (Å²) in [7, 11) is 0. The van der Waals surface area contributed by atoms with Crippen LogP contribution in [0.5, 0.6) is 0 Å². The van der Waals surface area contributed by atoms with Crippen molar-refractivity contribution in [3.8, 4) is 0 Å². The molecule has 0 aliphatic heterocycles. The zero-order valence-electron chi connectivity index (χ0n) is 6.65. The van der Waals surface area contributed by atoms with Crippen molar-refractivity contribution in [1.82, 2.24) is 4.98 Å². The molecule has 2 N–H and O–H groups in total. The summed E-state index contributed by atoms with van der Waals surface area (Å²) in [5, 5.41) is 0. The fraction of sp³-hybridized carbons (Fsp3) is 0.286. The second-order valence-corrected chi connectivity index (χ2v) is 2.50. The first kappa shape index (κ1) is 10.7. The number of alkyl halides is 5. The van der Waals surface area contributed by atoms with E-state index in [2.05, 4.69) is 4.98 Å². The zero-order chi connectivity index (χ0) is 10.9. The molecule has 1 aromatic rings. The van der Waals surface area contributed by atoms with Gasteiger partial charge in [-0.25, -0.2) is 13.8 Å². The van der Waals surface area contributed by atoms with Gasteiger partial charge < -0.3 is 5.73 Å². The molecule has 1 aromatic heterocycles. The zero-order valence-corrected chi connectivity index (χ0v) is 6.65. The van der Waals surface area contributed by atoms with Gasteiger partial charge in [0.25, 0.3) is 6.43 Å². The maximum absolute atomic E-state index is 12.1. The van der Waals surface area contributed by atoms with E-state index in [1.807, 2.05) is 0 Å². The minimum atomic E-state index is -4.76. The maximum atomic E-state index is 12.1. The van der Waals surface area contributed by atoms with Gasteiger partial charge in [0.15, 0.2) is 0 Å². The summed E-state index contributed by atoms with van der Waals surface area (Å²) < 4.78 is 60.4. The molecule has 0 atom stereocenters. The van der Waals surface area contributed by atoms with Crippen LogP contribution in [0.15, 0.2) is 12.3 Å². The van der Waals surface area contributed by atoms with Crippen molar-refractivity contribution >= 4 is 5.82 Å². The van der Waals surface area contributed by atoms with Gasteiger partial charge in [0.1, 0.15) is 5.82 Å². The smallest absolute Gasteiger partial charge is 0.383 e. The van der Waals surface area contributed by atoms with Crippen LogP contribution >= 0.6 is 0 Å². The van der Waals surface area contributed by atoms with E-state index in [-0.39, 0.29) is 0 Å². The van der Waals surface area contributed by atoms with E-state index < -0.39 is 29.5 Å². The summed E-state index contributed by atoms with van der Waals surface area (Å²) in [5.41, 5.74) is 2.76. The third kappa shape index (κ3) is 2.09. The number of hydrogen-bond acceptors (Lipinski definition) is 2. The highest BCUT2D eigenvalue weighted by Gasteiger charge is 2.34. The molecule has 0 radical (unpaired) electrons.